The van der Waals surface area contributed by atoms with Crippen LogP contribution in [0.4, 0.5) is 22.7 Å². The zero-order valence-electron chi connectivity index (χ0n) is 46.6. The average Bonchev–Trinajstić information content (AvgIpc) is 4.05. The van der Waals surface area contributed by atoms with E-state index in [4.69, 9.17) is 44.0 Å². The molecule has 0 radical (unpaired) electrons. The van der Waals surface area contributed by atoms with Crippen molar-refractivity contribution >= 4 is 68.1 Å². The Bertz CT molecular complexity index is 3010. The molecule has 4 atom stereocenters. The minimum atomic E-state index is -0.301. The van der Waals surface area contributed by atoms with E-state index >= 15 is 0 Å². The first-order valence-electron chi connectivity index (χ1n) is 27.3. The van der Waals surface area contributed by atoms with Crippen molar-refractivity contribution in [2.45, 2.75) is 82.4 Å². The maximum atomic E-state index is 14.3. The van der Waals surface area contributed by atoms with Crippen LogP contribution in [0.3, 0.4) is 0 Å². The SMILES string of the molecule is COCCOCCOCCN(CC(C)(C)SSCC(C)NC(=O)CON)c1cc(COc2cc3c(cc2OC)C(=O)N2c4ccccc4C[C@H]2C=N3)cc(COc2cc3c(cc2OC)C(=O)CCC2c4ccccc4C[C@H]2CN3)c1. The summed E-state index contributed by atoms with van der Waals surface area (Å²) in [5.41, 5.74) is 9.57. The van der Waals surface area contributed by atoms with Gasteiger partial charge in [-0.3, -0.25) is 29.1 Å². The van der Waals surface area contributed by atoms with Gasteiger partial charge in [-0.05, 0) is 110 Å². The highest BCUT2D eigenvalue weighted by molar-refractivity contribution is 8.77. The number of nitrogens with zero attached hydrogens (tertiary/aromatic N) is 3. The van der Waals surface area contributed by atoms with Gasteiger partial charge in [0.15, 0.2) is 28.8 Å². The van der Waals surface area contributed by atoms with Gasteiger partial charge in [0.1, 0.15) is 19.8 Å². The molecule has 4 aliphatic rings. The molecule has 0 saturated carbocycles. The van der Waals surface area contributed by atoms with Gasteiger partial charge in [-0.2, -0.15) is 0 Å². The third kappa shape index (κ3) is 14.4. The van der Waals surface area contributed by atoms with E-state index in [2.05, 4.69) is 82.7 Å². The normalized spacial score (nSPS) is 17.5. The van der Waals surface area contributed by atoms with Crippen LogP contribution in [0.5, 0.6) is 23.0 Å². The number of rotatable bonds is 27. The van der Waals surface area contributed by atoms with E-state index in [-0.39, 0.29) is 54.2 Å². The first-order valence-corrected chi connectivity index (χ1v) is 29.6. The lowest BCUT2D eigenvalue weighted by molar-refractivity contribution is -0.126. The molecule has 0 saturated heterocycles. The first kappa shape index (κ1) is 58.3. The van der Waals surface area contributed by atoms with Crippen LogP contribution in [0, 0.1) is 5.92 Å². The molecule has 2 amide bonds. The highest BCUT2D eigenvalue weighted by Crippen LogP contribution is 2.45. The molecule has 5 aromatic rings. The number of carbonyl (C=O) groups is 3. The summed E-state index contributed by atoms with van der Waals surface area (Å²) in [6, 6.07) is 29.8. The number of anilines is 3. The molecule has 9 rings (SSSR count). The third-order valence-corrected chi connectivity index (χ3v) is 18.2. The molecule has 5 aromatic carbocycles. The molecule has 4 N–H and O–H groups in total. The molecule has 2 unspecified atom stereocenters. The van der Waals surface area contributed by atoms with Crippen molar-refractivity contribution in [3.05, 3.63) is 130 Å². The minimum absolute atomic E-state index is 0.0661. The molecule has 17 nitrogen and oxygen atoms in total. The Kier molecular flexibility index (Phi) is 20.0. The molecule has 0 aromatic heterocycles. The number of ketones is 1. The summed E-state index contributed by atoms with van der Waals surface area (Å²) in [5, 5.41) is 6.59. The van der Waals surface area contributed by atoms with Crippen LogP contribution < -0.4 is 45.3 Å². The Labute approximate surface area is 477 Å². The Morgan fingerprint density at radius 3 is 2.26 bits per heavy atom. The van der Waals surface area contributed by atoms with Gasteiger partial charge < -0.3 is 48.7 Å². The predicted octanol–water partition coefficient (Wildman–Crippen LogP) is 9.53. The van der Waals surface area contributed by atoms with E-state index in [1.165, 1.54) is 11.1 Å². The number of benzene rings is 5. The fourth-order valence-corrected chi connectivity index (χ4v) is 13.8. The van der Waals surface area contributed by atoms with Crippen molar-refractivity contribution in [1.29, 1.82) is 0 Å². The molecule has 3 heterocycles. The molecule has 426 valence electrons. The Morgan fingerprint density at radius 2 is 1.52 bits per heavy atom. The van der Waals surface area contributed by atoms with Crippen molar-refractivity contribution in [2.75, 3.05) is 101 Å². The molecule has 19 heteroatoms. The van der Waals surface area contributed by atoms with Crippen LogP contribution in [0.25, 0.3) is 0 Å². The van der Waals surface area contributed by atoms with Crippen molar-refractivity contribution in [1.82, 2.24) is 5.32 Å². The Morgan fingerprint density at radius 1 is 0.838 bits per heavy atom. The van der Waals surface area contributed by atoms with Crippen molar-refractivity contribution in [3.8, 4) is 23.0 Å². The molecule has 80 heavy (non-hydrogen) atoms. The Hall–Kier alpha value is -6.32. The zero-order chi connectivity index (χ0) is 56.2. The highest BCUT2D eigenvalue weighted by Gasteiger charge is 2.37. The molecule has 1 aliphatic carbocycles. The number of nitrogens with one attached hydrogen (secondary N) is 2. The van der Waals surface area contributed by atoms with Crippen molar-refractivity contribution in [3.63, 3.8) is 0 Å². The fraction of sp³-hybridized carbons (Fsp3) is 0.443. The maximum absolute atomic E-state index is 14.3. The van der Waals surface area contributed by atoms with Gasteiger partial charge >= 0.3 is 0 Å². The topological polar surface area (TPSA) is 194 Å². The Balaban J connectivity index is 0.999. The second-order valence-electron chi connectivity index (χ2n) is 21.2. The predicted molar refractivity (Wildman–Crippen MR) is 316 cm³/mol. The van der Waals surface area contributed by atoms with Crippen LogP contribution >= 0.6 is 21.6 Å². The number of methoxy groups -OCH3 is 3. The number of para-hydroxylation sites is 1. The molecule has 0 bridgehead atoms. The quantitative estimate of drug-likeness (QED) is 0.0255. The van der Waals surface area contributed by atoms with Crippen molar-refractivity contribution in [2.24, 2.45) is 16.8 Å². The van der Waals surface area contributed by atoms with E-state index in [0.29, 0.717) is 116 Å². The van der Waals surface area contributed by atoms with Crippen LogP contribution in [0.15, 0.2) is 96.0 Å². The molecular formula is C61H74N6O11S2. The lowest BCUT2D eigenvalue weighted by Crippen LogP contribution is -2.39. The summed E-state index contributed by atoms with van der Waals surface area (Å²) in [6.07, 6.45) is 4.71. The third-order valence-electron chi connectivity index (χ3n) is 14.8. The average molecular weight is 1130 g/mol. The minimum Gasteiger partial charge on any atom is -0.493 e. The van der Waals surface area contributed by atoms with E-state index < -0.39 is 0 Å². The highest BCUT2D eigenvalue weighted by atomic mass is 33.1. The standard InChI is InChI=1S/C61H74N6O11S2/c1-39(65-59(69)36-78-62)37-79-80-61(2,3)38-66(17-18-74-21-22-75-20-19-71-4)45-24-40(34-76-57-30-51-49(28-55(57)72-5)54(68)16-15-48-44(32-63-51)26-42-11-7-9-13-47(42)48)23-41(25-45)35-77-58-31-52-50(29-56(58)73-6)60(70)67-46(33-64-52)27-43-12-8-10-14-53(43)67/h7-14,23-25,28-31,33,39,44,46,48,63H,15-22,26-27,32,34-38,62H2,1-6H3,(H,65,69)/t39?,44-,46-,48?/m0/s1. The van der Waals surface area contributed by atoms with Crippen LogP contribution in [-0.2, 0) is 49.9 Å². The number of hydrogen-bond donors (Lipinski definition) is 3. The number of aliphatic imine (C=N–C) groups is 1. The van der Waals surface area contributed by atoms with Gasteiger partial charge in [0.2, 0.25) is 5.91 Å². The number of hydrogen-bond acceptors (Lipinski definition) is 17. The lowest BCUT2D eigenvalue weighted by Gasteiger charge is -2.34. The van der Waals surface area contributed by atoms with E-state index in [0.717, 1.165) is 53.1 Å². The summed E-state index contributed by atoms with van der Waals surface area (Å²) >= 11 is 0. The van der Waals surface area contributed by atoms with Crippen LogP contribution in [0.2, 0.25) is 0 Å². The summed E-state index contributed by atoms with van der Waals surface area (Å²) < 4.78 is 42.0. The number of nitrogens with two attached hydrogens (primary N) is 1. The number of carbonyl (C=O) groups excluding carboxylic acids is 3. The number of amides is 2. The van der Waals surface area contributed by atoms with Crippen LogP contribution in [-0.4, -0.2) is 127 Å². The van der Waals surface area contributed by atoms with Gasteiger partial charge in [0.05, 0.1) is 64.5 Å². The summed E-state index contributed by atoms with van der Waals surface area (Å²) in [6.45, 7) is 10.6. The monoisotopic (exact) mass is 1130 g/mol. The van der Waals surface area contributed by atoms with E-state index in [1.807, 2.05) is 48.4 Å². The van der Waals surface area contributed by atoms with Gasteiger partial charge in [-0.1, -0.05) is 64.1 Å². The summed E-state index contributed by atoms with van der Waals surface area (Å²) in [4.78, 5) is 53.9. The molecule has 3 aliphatic heterocycles. The summed E-state index contributed by atoms with van der Waals surface area (Å²) in [5.74, 6) is 7.91. The molecular weight excluding hydrogens is 1060 g/mol. The fourth-order valence-electron chi connectivity index (χ4n) is 11.0. The number of ether oxygens (including phenoxy) is 7. The van der Waals surface area contributed by atoms with Crippen molar-refractivity contribution < 1.29 is 52.4 Å². The van der Waals surface area contributed by atoms with Gasteiger partial charge in [-0.15, -0.1) is 0 Å². The largest absolute Gasteiger partial charge is 0.493 e. The molecule has 0 spiro atoms. The first-order chi connectivity index (χ1) is 38.8. The van der Waals surface area contributed by atoms with Gasteiger partial charge in [0, 0.05) is 97.1 Å². The van der Waals surface area contributed by atoms with E-state index in [1.54, 1.807) is 55.0 Å². The smallest absolute Gasteiger partial charge is 0.261 e. The summed E-state index contributed by atoms with van der Waals surface area (Å²) in [7, 11) is 8.22. The number of Topliss-reactive ketones (excluding diaryl/α,β-unsaturated/α-hetero) is 1. The maximum Gasteiger partial charge on any atom is 0.261 e. The zero-order valence-corrected chi connectivity index (χ0v) is 48.2. The van der Waals surface area contributed by atoms with Gasteiger partial charge in [-0.25, -0.2) is 5.90 Å². The second kappa shape index (κ2) is 27.4. The number of fused-ring (bicyclic) bond motifs is 8. The molecule has 0 fully saturated rings. The lowest BCUT2D eigenvalue weighted by atomic mass is 9.87. The van der Waals surface area contributed by atoms with E-state index in [9.17, 15) is 14.4 Å². The van der Waals surface area contributed by atoms with Gasteiger partial charge in [0.25, 0.3) is 5.91 Å². The second-order valence-corrected chi connectivity index (χ2v) is 24.2. The van der Waals surface area contributed by atoms with Crippen LogP contribution in [0.1, 0.15) is 88.1 Å².